The van der Waals surface area contributed by atoms with Crippen molar-refractivity contribution in [1.29, 1.82) is 5.26 Å². The van der Waals surface area contributed by atoms with Crippen LogP contribution in [0.5, 0.6) is 0 Å². The fourth-order valence-corrected chi connectivity index (χ4v) is 4.70. The molecular formula is C32H31FN8. The molecule has 1 saturated carbocycles. The molecule has 0 unspecified atom stereocenters. The lowest BCUT2D eigenvalue weighted by Gasteiger charge is -2.23. The Labute approximate surface area is 239 Å². The molecule has 0 radical (unpaired) electrons. The lowest BCUT2D eigenvalue weighted by atomic mass is 9.95. The van der Waals surface area contributed by atoms with Crippen LogP contribution < -0.4 is 10.6 Å². The second-order valence-electron chi connectivity index (χ2n) is 11.6. The number of benzene rings is 2. The fourth-order valence-electron chi connectivity index (χ4n) is 4.70. The summed E-state index contributed by atoms with van der Waals surface area (Å²) in [5.41, 5.74) is 4.85. The standard InChI is InChI=1S/C32H31FN8/c1-32(2,3)19-37-29-22(15-34)17-36-31-26(21-5-4-12-35-16-21)13-24(14-27(29)31)38-30(20-6-8-23(33)9-7-20)28-18-41(40-39-28)25-10-11-25/h4-9,12-14,16-18,25,30,38H,10-11,19H2,1-3H3,(H,36,37)/t30-/m1/s1/i30D. The zero-order valence-electron chi connectivity index (χ0n) is 24.2. The van der Waals surface area contributed by atoms with Crippen molar-refractivity contribution in [2.24, 2.45) is 5.41 Å². The Hall–Kier alpha value is -4.84. The van der Waals surface area contributed by atoms with Gasteiger partial charge in [-0.1, -0.05) is 44.2 Å². The SMILES string of the molecule is [2H][C@@](Nc1cc(-c2cccnc2)c2ncc(C#N)c(NCC(C)(C)C)c2c1)(c1ccc(F)cc1)c1cn(C2CC2)nn1. The summed E-state index contributed by atoms with van der Waals surface area (Å²) < 4.78 is 25.5. The summed E-state index contributed by atoms with van der Waals surface area (Å²) in [5.74, 6) is -0.392. The van der Waals surface area contributed by atoms with Crippen molar-refractivity contribution >= 4 is 22.3 Å². The Morgan fingerprint density at radius 2 is 1.98 bits per heavy atom. The summed E-state index contributed by atoms with van der Waals surface area (Å²) in [7, 11) is 0. The summed E-state index contributed by atoms with van der Waals surface area (Å²) in [6, 6.07) is 14.4. The van der Waals surface area contributed by atoms with Gasteiger partial charge in [-0.2, -0.15) is 5.26 Å². The van der Waals surface area contributed by atoms with Gasteiger partial charge in [0.1, 0.15) is 17.6 Å². The molecule has 0 spiro atoms. The van der Waals surface area contributed by atoms with Gasteiger partial charge >= 0.3 is 0 Å². The average molecular weight is 548 g/mol. The number of fused-ring (bicyclic) bond motifs is 1. The van der Waals surface area contributed by atoms with E-state index in [-0.39, 0.29) is 11.5 Å². The van der Waals surface area contributed by atoms with Crippen molar-refractivity contribution in [3.63, 3.8) is 0 Å². The predicted molar refractivity (Wildman–Crippen MR) is 158 cm³/mol. The zero-order valence-corrected chi connectivity index (χ0v) is 23.2. The molecule has 3 aromatic heterocycles. The molecule has 0 saturated heterocycles. The van der Waals surface area contributed by atoms with Gasteiger partial charge in [0.2, 0.25) is 0 Å². The maximum atomic E-state index is 13.9. The van der Waals surface area contributed by atoms with Gasteiger partial charge in [0.05, 0.1) is 36.4 Å². The number of hydrogen-bond acceptors (Lipinski definition) is 7. The van der Waals surface area contributed by atoms with Crippen LogP contribution >= 0.6 is 0 Å². The normalized spacial score (nSPS) is 15.1. The molecule has 2 aromatic carbocycles. The van der Waals surface area contributed by atoms with Gasteiger partial charge in [0.15, 0.2) is 0 Å². The van der Waals surface area contributed by atoms with Gasteiger partial charge in [-0.15, -0.1) is 5.10 Å². The van der Waals surface area contributed by atoms with Crippen molar-refractivity contribution in [2.45, 2.75) is 45.7 Å². The first kappa shape index (κ1) is 25.1. The summed E-state index contributed by atoms with van der Waals surface area (Å²) >= 11 is 0. The molecule has 0 bridgehead atoms. The summed E-state index contributed by atoms with van der Waals surface area (Å²) in [6.45, 7) is 6.99. The number of hydrogen-bond donors (Lipinski definition) is 2. The summed E-state index contributed by atoms with van der Waals surface area (Å²) in [5, 5.41) is 26.3. The molecule has 9 heteroatoms. The highest BCUT2D eigenvalue weighted by molar-refractivity contribution is 6.04. The van der Waals surface area contributed by atoms with E-state index in [1.807, 2.05) is 24.3 Å². The molecule has 1 aliphatic rings. The van der Waals surface area contributed by atoms with Crippen molar-refractivity contribution in [1.82, 2.24) is 25.0 Å². The largest absolute Gasteiger partial charge is 0.383 e. The monoisotopic (exact) mass is 547 g/mol. The van der Waals surface area contributed by atoms with Crippen LogP contribution in [0.25, 0.3) is 22.0 Å². The van der Waals surface area contributed by atoms with E-state index in [1.54, 1.807) is 41.6 Å². The van der Waals surface area contributed by atoms with E-state index in [4.69, 9.17) is 4.98 Å². The van der Waals surface area contributed by atoms with Crippen LogP contribution in [0.4, 0.5) is 15.8 Å². The van der Waals surface area contributed by atoms with Crippen LogP contribution in [0.3, 0.4) is 0 Å². The maximum absolute atomic E-state index is 13.9. The molecule has 41 heavy (non-hydrogen) atoms. The number of halogens is 1. The van der Waals surface area contributed by atoms with E-state index in [9.17, 15) is 11.0 Å². The number of pyridine rings is 2. The second-order valence-corrected chi connectivity index (χ2v) is 11.6. The third kappa shape index (κ3) is 5.73. The fraction of sp³-hybridized carbons (Fsp3) is 0.281. The molecule has 5 aromatic rings. The number of anilines is 2. The highest BCUT2D eigenvalue weighted by Gasteiger charge is 2.27. The molecule has 3 heterocycles. The zero-order chi connectivity index (χ0) is 29.5. The first-order chi connectivity index (χ1) is 20.1. The van der Waals surface area contributed by atoms with Crippen LogP contribution in [-0.2, 0) is 0 Å². The average Bonchev–Trinajstić information content (AvgIpc) is 3.71. The minimum atomic E-state index is -1.60. The minimum Gasteiger partial charge on any atom is -0.383 e. The van der Waals surface area contributed by atoms with E-state index in [1.165, 1.54) is 12.1 Å². The second kappa shape index (κ2) is 10.6. The van der Waals surface area contributed by atoms with Crippen LogP contribution in [0.1, 0.15) is 63.9 Å². The van der Waals surface area contributed by atoms with Gasteiger partial charge in [-0.05, 0) is 54.2 Å². The summed E-state index contributed by atoms with van der Waals surface area (Å²) in [4.78, 5) is 9.01. The predicted octanol–water partition coefficient (Wildman–Crippen LogP) is 6.89. The number of nitriles is 1. The molecular weight excluding hydrogens is 515 g/mol. The topological polar surface area (TPSA) is 104 Å². The van der Waals surface area contributed by atoms with Crippen LogP contribution in [0.2, 0.25) is 0 Å². The van der Waals surface area contributed by atoms with Crippen molar-refractivity contribution in [2.75, 3.05) is 17.2 Å². The minimum absolute atomic E-state index is 0.0450. The molecule has 0 aliphatic heterocycles. The third-order valence-electron chi connectivity index (χ3n) is 6.95. The van der Waals surface area contributed by atoms with Gasteiger partial charge in [0, 0.05) is 47.3 Å². The smallest absolute Gasteiger partial charge is 0.123 e. The molecule has 1 fully saturated rings. The quantitative estimate of drug-likeness (QED) is 0.218. The Morgan fingerprint density at radius 1 is 1.17 bits per heavy atom. The van der Waals surface area contributed by atoms with E-state index in [0.717, 1.165) is 29.4 Å². The molecule has 6 rings (SSSR count). The molecule has 8 nitrogen and oxygen atoms in total. The van der Waals surface area contributed by atoms with E-state index >= 15 is 0 Å². The molecule has 2 N–H and O–H groups in total. The number of aromatic nitrogens is 5. The highest BCUT2D eigenvalue weighted by Crippen LogP contribution is 2.39. The van der Waals surface area contributed by atoms with Crippen LogP contribution in [0, 0.1) is 22.6 Å². The number of nitrogens with zero attached hydrogens (tertiary/aromatic N) is 6. The van der Waals surface area contributed by atoms with E-state index in [0.29, 0.717) is 40.3 Å². The van der Waals surface area contributed by atoms with Crippen molar-refractivity contribution < 1.29 is 5.76 Å². The molecule has 206 valence electrons. The van der Waals surface area contributed by atoms with Gasteiger partial charge in [-0.25, -0.2) is 9.07 Å². The number of rotatable bonds is 8. The highest BCUT2D eigenvalue weighted by atomic mass is 19.1. The van der Waals surface area contributed by atoms with Gasteiger partial charge < -0.3 is 10.6 Å². The molecule has 1 atom stereocenters. The van der Waals surface area contributed by atoms with Gasteiger partial charge in [0.25, 0.3) is 0 Å². The lowest BCUT2D eigenvalue weighted by Crippen LogP contribution is -2.20. The van der Waals surface area contributed by atoms with Gasteiger partial charge in [-0.3, -0.25) is 9.97 Å². The maximum Gasteiger partial charge on any atom is 0.123 e. The first-order valence-electron chi connectivity index (χ1n) is 14.1. The molecule has 0 amide bonds. The van der Waals surface area contributed by atoms with Crippen LogP contribution in [0.15, 0.2) is 73.3 Å². The Balaban J connectivity index is 1.55. The lowest BCUT2D eigenvalue weighted by molar-refractivity contribution is 0.443. The van der Waals surface area contributed by atoms with Crippen LogP contribution in [-0.4, -0.2) is 31.5 Å². The Morgan fingerprint density at radius 3 is 2.66 bits per heavy atom. The Kier molecular flexibility index (Phi) is 6.51. The van der Waals surface area contributed by atoms with E-state index < -0.39 is 11.8 Å². The van der Waals surface area contributed by atoms with Crippen molar-refractivity contribution in [3.05, 3.63) is 96.0 Å². The third-order valence-corrected chi connectivity index (χ3v) is 6.95. The summed E-state index contributed by atoms with van der Waals surface area (Å²) in [6.07, 6.45) is 8.89. The molecule has 1 aliphatic carbocycles. The Bertz CT molecular complexity index is 1790. The van der Waals surface area contributed by atoms with Crippen molar-refractivity contribution in [3.8, 4) is 17.2 Å². The number of nitrogens with one attached hydrogen (secondary N) is 2. The van der Waals surface area contributed by atoms with E-state index in [2.05, 4.69) is 52.8 Å². The first-order valence-corrected chi connectivity index (χ1v) is 13.6.